The zero-order chi connectivity index (χ0) is 16.5. The molecule has 0 spiro atoms. The second-order valence-corrected chi connectivity index (χ2v) is 6.04. The van der Waals surface area contributed by atoms with E-state index < -0.39 is 12.1 Å². The van der Waals surface area contributed by atoms with Crippen molar-refractivity contribution in [2.75, 3.05) is 13.1 Å². The van der Waals surface area contributed by atoms with Crippen molar-refractivity contribution in [3.8, 4) is 11.5 Å². The number of ether oxygens (including phenoxy) is 1. The Morgan fingerprint density at radius 3 is 2.17 bits per heavy atom. The molecular formula is C18H19N3O3. The van der Waals surface area contributed by atoms with Gasteiger partial charge in [-0.05, 0) is 25.0 Å². The lowest BCUT2D eigenvalue weighted by Crippen LogP contribution is -2.48. The van der Waals surface area contributed by atoms with Crippen molar-refractivity contribution in [2.24, 2.45) is 0 Å². The number of carbonyl (C=O) groups is 1. The van der Waals surface area contributed by atoms with Gasteiger partial charge in [-0.1, -0.05) is 36.4 Å². The number of para-hydroxylation sites is 2. The summed E-state index contributed by atoms with van der Waals surface area (Å²) in [6.07, 6.45) is 2.10. The van der Waals surface area contributed by atoms with Crippen LogP contribution in [0.2, 0.25) is 0 Å². The van der Waals surface area contributed by atoms with Gasteiger partial charge in [0.05, 0.1) is 0 Å². The number of amides is 2. The molecule has 0 bridgehead atoms. The molecule has 2 aromatic rings. The van der Waals surface area contributed by atoms with Gasteiger partial charge in [-0.3, -0.25) is 10.6 Å². The minimum atomic E-state index is -0.603. The average molecular weight is 325 g/mol. The van der Waals surface area contributed by atoms with E-state index in [1.165, 1.54) is 0 Å². The summed E-state index contributed by atoms with van der Waals surface area (Å²) in [5.74, 6) is 1.29. The molecule has 2 aliphatic heterocycles. The van der Waals surface area contributed by atoms with E-state index in [0.717, 1.165) is 42.1 Å². The first kappa shape index (κ1) is 15.0. The van der Waals surface area contributed by atoms with Crippen molar-refractivity contribution in [1.82, 2.24) is 15.5 Å². The molecule has 2 heterocycles. The largest absolute Gasteiger partial charge is 0.457 e. The smallest absolute Gasteiger partial charge is 0.356 e. The molecule has 0 saturated carbocycles. The van der Waals surface area contributed by atoms with Gasteiger partial charge in [-0.15, -0.1) is 0 Å². The number of benzene rings is 2. The van der Waals surface area contributed by atoms with E-state index >= 15 is 0 Å². The van der Waals surface area contributed by atoms with Crippen LogP contribution in [-0.4, -0.2) is 34.4 Å². The van der Waals surface area contributed by atoms with Gasteiger partial charge in [0.2, 0.25) is 0 Å². The molecule has 6 heteroatoms. The predicted molar refractivity (Wildman–Crippen MR) is 87.8 cm³/mol. The van der Waals surface area contributed by atoms with Gasteiger partial charge in [0, 0.05) is 24.2 Å². The van der Waals surface area contributed by atoms with Crippen LogP contribution in [0.4, 0.5) is 4.79 Å². The van der Waals surface area contributed by atoms with Crippen molar-refractivity contribution in [1.29, 1.82) is 0 Å². The highest BCUT2D eigenvalue weighted by Crippen LogP contribution is 2.44. The van der Waals surface area contributed by atoms with Crippen molar-refractivity contribution in [2.45, 2.75) is 18.9 Å². The molecule has 0 unspecified atom stereocenters. The van der Waals surface area contributed by atoms with Gasteiger partial charge < -0.3 is 4.74 Å². The minimum absolute atomic E-state index is 0.534. The molecular weight excluding hydrogens is 306 g/mol. The van der Waals surface area contributed by atoms with Crippen LogP contribution in [0.5, 0.6) is 11.5 Å². The molecule has 0 radical (unpaired) electrons. The van der Waals surface area contributed by atoms with Crippen molar-refractivity contribution in [3.63, 3.8) is 0 Å². The van der Waals surface area contributed by atoms with Gasteiger partial charge in [0.25, 0.3) is 0 Å². The monoisotopic (exact) mass is 325 g/mol. The second-order valence-electron chi connectivity index (χ2n) is 6.04. The summed E-state index contributed by atoms with van der Waals surface area (Å²) >= 11 is 0. The number of hydroxylamine groups is 2. The van der Waals surface area contributed by atoms with Crippen LogP contribution in [0.15, 0.2) is 48.5 Å². The molecule has 4 rings (SSSR count). The fraction of sp³-hybridized carbons (Fsp3) is 0.278. The topological polar surface area (TPSA) is 65.0 Å². The number of fused-ring (bicyclic) bond motifs is 2. The molecule has 1 saturated heterocycles. The third-order valence-electron chi connectivity index (χ3n) is 4.46. The lowest BCUT2D eigenvalue weighted by molar-refractivity contribution is -0.0755. The standard InChI is InChI=1S/C18H19N3O3/c22-18(19-20-11-5-6-12-20)21(23)17-13-7-1-3-9-15(13)24-16-10-4-2-8-14(16)17/h1-4,7-10,17,23H,5-6,11-12H2,(H,19,22). The Bertz CT molecular complexity index is 713. The molecule has 2 aromatic carbocycles. The Morgan fingerprint density at radius 2 is 1.58 bits per heavy atom. The zero-order valence-corrected chi connectivity index (χ0v) is 13.2. The third kappa shape index (κ3) is 2.60. The molecule has 2 N–H and O–H groups in total. The lowest BCUT2D eigenvalue weighted by Gasteiger charge is -2.33. The molecule has 124 valence electrons. The molecule has 24 heavy (non-hydrogen) atoms. The van der Waals surface area contributed by atoms with E-state index in [1.807, 2.05) is 53.5 Å². The second kappa shape index (κ2) is 6.14. The summed E-state index contributed by atoms with van der Waals surface area (Å²) in [7, 11) is 0. The van der Waals surface area contributed by atoms with Crippen LogP contribution in [0.25, 0.3) is 0 Å². The van der Waals surface area contributed by atoms with Gasteiger partial charge in [-0.2, -0.15) is 5.06 Å². The lowest BCUT2D eigenvalue weighted by atomic mass is 9.94. The minimum Gasteiger partial charge on any atom is -0.457 e. The van der Waals surface area contributed by atoms with Gasteiger partial charge in [0.15, 0.2) is 0 Å². The Labute approximate surface area is 140 Å². The summed E-state index contributed by atoms with van der Waals surface area (Å²) in [4.78, 5) is 12.5. The number of hydrogen-bond acceptors (Lipinski definition) is 4. The van der Waals surface area contributed by atoms with Crippen LogP contribution in [0, 0.1) is 0 Å². The maximum absolute atomic E-state index is 12.5. The molecule has 0 atom stereocenters. The van der Waals surface area contributed by atoms with E-state index in [0.29, 0.717) is 11.5 Å². The summed E-state index contributed by atoms with van der Waals surface area (Å²) in [5.41, 5.74) is 4.29. The van der Waals surface area contributed by atoms with Crippen LogP contribution in [0.3, 0.4) is 0 Å². The number of carbonyl (C=O) groups excluding carboxylic acids is 1. The molecule has 6 nitrogen and oxygen atoms in total. The SMILES string of the molecule is O=C(NN1CCCC1)N(O)C1c2ccccc2Oc2ccccc21. The van der Waals surface area contributed by atoms with Crippen molar-refractivity contribution in [3.05, 3.63) is 59.7 Å². The summed E-state index contributed by atoms with van der Waals surface area (Å²) < 4.78 is 5.89. The Morgan fingerprint density at radius 1 is 1.04 bits per heavy atom. The number of urea groups is 1. The Hall–Kier alpha value is -2.57. The summed E-state index contributed by atoms with van der Waals surface area (Å²) in [6, 6.07) is 13.7. The number of nitrogens with one attached hydrogen (secondary N) is 1. The normalized spacial score (nSPS) is 16.9. The fourth-order valence-electron chi connectivity index (χ4n) is 3.28. The van der Waals surface area contributed by atoms with E-state index in [2.05, 4.69) is 5.43 Å². The highest BCUT2D eigenvalue weighted by Gasteiger charge is 2.34. The first-order chi connectivity index (χ1) is 11.7. The third-order valence-corrected chi connectivity index (χ3v) is 4.46. The maximum Gasteiger partial charge on any atom is 0.356 e. The Kier molecular flexibility index (Phi) is 3.84. The maximum atomic E-state index is 12.5. The van der Waals surface area contributed by atoms with Crippen LogP contribution in [0.1, 0.15) is 30.0 Å². The molecule has 2 aliphatic rings. The van der Waals surface area contributed by atoms with E-state index in [9.17, 15) is 10.0 Å². The van der Waals surface area contributed by atoms with Gasteiger partial charge >= 0.3 is 6.03 Å². The highest BCUT2D eigenvalue weighted by atomic mass is 16.5. The van der Waals surface area contributed by atoms with Crippen LogP contribution >= 0.6 is 0 Å². The van der Waals surface area contributed by atoms with Gasteiger partial charge in [-0.25, -0.2) is 9.80 Å². The van der Waals surface area contributed by atoms with E-state index in [-0.39, 0.29) is 0 Å². The molecule has 0 aliphatic carbocycles. The number of hydrogen-bond donors (Lipinski definition) is 2. The van der Waals surface area contributed by atoms with Crippen LogP contribution < -0.4 is 10.2 Å². The van der Waals surface area contributed by atoms with Gasteiger partial charge in [0.1, 0.15) is 17.5 Å². The number of hydrazine groups is 1. The summed E-state index contributed by atoms with van der Waals surface area (Å²) in [6.45, 7) is 1.61. The van der Waals surface area contributed by atoms with Crippen molar-refractivity contribution >= 4 is 6.03 Å². The average Bonchev–Trinajstić information content (AvgIpc) is 3.12. The van der Waals surface area contributed by atoms with Crippen molar-refractivity contribution < 1.29 is 14.7 Å². The summed E-state index contributed by atoms with van der Waals surface area (Å²) in [5, 5.41) is 13.2. The van der Waals surface area contributed by atoms with E-state index in [1.54, 1.807) is 0 Å². The highest BCUT2D eigenvalue weighted by molar-refractivity contribution is 5.74. The van der Waals surface area contributed by atoms with E-state index in [4.69, 9.17) is 4.74 Å². The molecule has 0 aromatic heterocycles. The first-order valence-corrected chi connectivity index (χ1v) is 8.13. The fourth-order valence-corrected chi connectivity index (χ4v) is 3.28. The predicted octanol–water partition coefficient (Wildman–Crippen LogP) is 3.29. The molecule has 1 fully saturated rings. The first-order valence-electron chi connectivity index (χ1n) is 8.13. The molecule has 2 amide bonds. The number of rotatable bonds is 2. The quantitative estimate of drug-likeness (QED) is 0.657. The zero-order valence-electron chi connectivity index (χ0n) is 13.2. The Balaban J connectivity index is 1.67. The van der Waals surface area contributed by atoms with Crippen LogP contribution in [-0.2, 0) is 0 Å². The number of nitrogens with zero attached hydrogens (tertiary/aromatic N) is 2.